The van der Waals surface area contributed by atoms with E-state index in [9.17, 15) is 4.79 Å². The molecule has 0 spiro atoms. The highest BCUT2D eigenvalue weighted by molar-refractivity contribution is 7.09. The van der Waals surface area contributed by atoms with E-state index in [1.54, 1.807) is 0 Å². The smallest absolute Gasteiger partial charge is 0.241 e. The summed E-state index contributed by atoms with van der Waals surface area (Å²) in [7, 11) is 0. The predicted octanol–water partition coefficient (Wildman–Crippen LogP) is 3.51. The van der Waals surface area contributed by atoms with E-state index in [2.05, 4.69) is 44.8 Å². The molecule has 0 radical (unpaired) electrons. The SMILES string of the molecule is Cc1ccc(C)c(NC(=O)C(C)N2CCN(Cc3cccs3)CC2)c1. The van der Waals surface area contributed by atoms with Gasteiger partial charge >= 0.3 is 0 Å². The van der Waals surface area contributed by atoms with Crippen LogP contribution in [0.25, 0.3) is 0 Å². The summed E-state index contributed by atoms with van der Waals surface area (Å²) in [4.78, 5) is 18.8. The van der Waals surface area contributed by atoms with Gasteiger partial charge in [-0.05, 0) is 49.4 Å². The maximum absolute atomic E-state index is 12.6. The number of piperazine rings is 1. The monoisotopic (exact) mass is 357 g/mol. The number of carbonyl (C=O) groups excluding carboxylic acids is 1. The van der Waals surface area contributed by atoms with Crippen LogP contribution >= 0.6 is 11.3 Å². The standard InChI is InChI=1S/C20H27N3OS/c1-15-6-7-16(2)19(13-15)21-20(24)17(3)23-10-8-22(9-11-23)14-18-5-4-12-25-18/h4-7,12-13,17H,8-11,14H2,1-3H3,(H,21,24). The molecular weight excluding hydrogens is 330 g/mol. The molecule has 1 aliphatic rings. The second-order valence-electron chi connectivity index (χ2n) is 6.88. The third-order valence-corrected chi connectivity index (χ3v) is 5.81. The number of carbonyl (C=O) groups is 1. The first-order valence-electron chi connectivity index (χ1n) is 8.90. The molecule has 5 heteroatoms. The van der Waals surface area contributed by atoms with Gasteiger partial charge in [0, 0.05) is 43.3 Å². The molecule has 1 atom stereocenters. The topological polar surface area (TPSA) is 35.6 Å². The molecule has 1 aliphatic heterocycles. The molecule has 1 N–H and O–H groups in total. The predicted molar refractivity (Wildman–Crippen MR) is 105 cm³/mol. The number of benzene rings is 1. The van der Waals surface area contributed by atoms with Crippen molar-refractivity contribution in [2.75, 3.05) is 31.5 Å². The van der Waals surface area contributed by atoms with Crippen molar-refractivity contribution in [3.63, 3.8) is 0 Å². The van der Waals surface area contributed by atoms with Crippen molar-refractivity contribution < 1.29 is 4.79 Å². The van der Waals surface area contributed by atoms with Crippen LogP contribution in [-0.4, -0.2) is 47.9 Å². The minimum Gasteiger partial charge on any atom is -0.324 e. The largest absolute Gasteiger partial charge is 0.324 e. The van der Waals surface area contributed by atoms with Gasteiger partial charge in [0.25, 0.3) is 0 Å². The summed E-state index contributed by atoms with van der Waals surface area (Å²) < 4.78 is 0. The number of nitrogens with zero attached hydrogens (tertiary/aromatic N) is 2. The normalized spacial score (nSPS) is 17.4. The number of anilines is 1. The van der Waals surface area contributed by atoms with Crippen molar-refractivity contribution in [2.24, 2.45) is 0 Å². The fraction of sp³-hybridized carbons (Fsp3) is 0.450. The van der Waals surface area contributed by atoms with Gasteiger partial charge in [0.05, 0.1) is 6.04 Å². The number of rotatable bonds is 5. The Morgan fingerprint density at radius 1 is 1.20 bits per heavy atom. The van der Waals surface area contributed by atoms with Gasteiger partial charge in [-0.15, -0.1) is 11.3 Å². The lowest BCUT2D eigenvalue weighted by Gasteiger charge is -2.37. The number of aryl methyl sites for hydroxylation is 2. The first-order chi connectivity index (χ1) is 12.0. The molecule has 4 nitrogen and oxygen atoms in total. The van der Waals surface area contributed by atoms with E-state index in [4.69, 9.17) is 0 Å². The molecule has 3 rings (SSSR count). The van der Waals surface area contributed by atoms with Crippen molar-refractivity contribution in [3.05, 3.63) is 51.7 Å². The summed E-state index contributed by atoms with van der Waals surface area (Å²) in [6.07, 6.45) is 0. The van der Waals surface area contributed by atoms with Crippen LogP contribution in [0.4, 0.5) is 5.69 Å². The number of thiophene rings is 1. The van der Waals surface area contributed by atoms with Gasteiger partial charge in [-0.1, -0.05) is 18.2 Å². The number of hydrogen-bond donors (Lipinski definition) is 1. The second kappa shape index (κ2) is 8.13. The minimum absolute atomic E-state index is 0.0837. The summed E-state index contributed by atoms with van der Waals surface area (Å²) >= 11 is 1.81. The highest BCUT2D eigenvalue weighted by Gasteiger charge is 2.25. The maximum atomic E-state index is 12.6. The molecule has 0 saturated carbocycles. The molecule has 25 heavy (non-hydrogen) atoms. The summed E-state index contributed by atoms with van der Waals surface area (Å²) in [5.74, 6) is 0.0837. The van der Waals surface area contributed by atoms with Crippen LogP contribution in [0.15, 0.2) is 35.7 Å². The zero-order valence-corrected chi connectivity index (χ0v) is 16.1. The Balaban J connectivity index is 1.52. The fourth-order valence-electron chi connectivity index (χ4n) is 3.21. The highest BCUT2D eigenvalue weighted by Crippen LogP contribution is 2.18. The highest BCUT2D eigenvalue weighted by atomic mass is 32.1. The molecule has 0 aliphatic carbocycles. The Bertz CT molecular complexity index is 706. The number of amides is 1. The van der Waals surface area contributed by atoms with Crippen molar-refractivity contribution in [3.8, 4) is 0 Å². The molecule has 2 aromatic rings. The molecule has 134 valence electrons. The first kappa shape index (κ1) is 18.1. The number of hydrogen-bond acceptors (Lipinski definition) is 4. The quantitative estimate of drug-likeness (QED) is 0.889. The Morgan fingerprint density at radius 2 is 1.96 bits per heavy atom. The molecule has 1 unspecified atom stereocenters. The summed E-state index contributed by atoms with van der Waals surface area (Å²) in [5.41, 5.74) is 3.19. The zero-order valence-electron chi connectivity index (χ0n) is 15.3. The lowest BCUT2D eigenvalue weighted by Crippen LogP contribution is -2.52. The van der Waals surface area contributed by atoms with E-state index in [0.717, 1.165) is 49.5 Å². The van der Waals surface area contributed by atoms with Gasteiger partial charge in [-0.2, -0.15) is 0 Å². The summed E-state index contributed by atoms with van der Waals surface area (Å²) in [6, 6.07) is 10.4. The number of nitrogens with one attached hydrogen (secondary N) is 1. The lowest BCUT2D eigenvalue weighted by molar-refractivity contribution is -0.121. The molecule has 0 bridgehead atoms. The average Bonchev–Trinajstić information content (AvgIpc) is 3.11. The van der Waals surface area contributed by atoms with Crippen molar-refractivity contribution in [1.82, 2.24) is 9.80 Å². The van der Waals surface area contributed by atoms with Crippen LogP contribution in [-0.2, 0) is 11.3 Å². The molecule has 1 amide bonds. The van der Waals surface area contributed by atoms with Crippen molar-refractivity contribution >= 4 is 22.9 Å². The van der Waals surface area contributed by atoms with Gasteiger partial charge < -0.3 is 5.32 Å². The van der Waals surface area contributed by atoms with Gasteiger partial charge in [0.2, 0.25) is 5.91 Å². The van der Waals surface area contributed by atoms with Gasteiger partial charge in [0.15, 0.2) is 0 Å². The van der Waals surface area contributed by atoms with E-state index in [1.165, 1.54) is 4.88 Å². The zero-order chi connectivity index (χ0) is 17.8. The van der Waals surface area contributed by atoms with Crippen LogP contribution in [0, 0.1) is 13.8 Å². The Morgan fingerprint density at radius 3 is 2.64 bits per heavy atom. The van der Waals surface area contributed by atoms with E-state index in [-0.39, 0.29) is 11.9 Å². The van der Waals surface area contributed by atoms with E-state index < -0.39 is 0 Å². The maximum Gasteiger partial charge on any atom is 0.241 e. The van der Waals surface area contributed by atoms with Gasteiger partial charge in [-0.3, -0.25) is 14.6 Å². The molecule has 1 saturated heterocycles. The van der Waals surface area contributed by atoms with Gasteiger partial charge in [0.1, 0.15) is 0 Å². The van der Waals surface area contributed by atoms with Gasteiger partial charge in [-0.25, -0.2) is 0 Å². The summed E-state index contributed by atoms with van der Waals surface area (Å²) in [5, 5.41) is 5.23. The molecular formula is C20H27N3OS. The lowest BCUT2D eigenvalue weighted by atomic mass is 10.1. The van der Waals surface area contributed by atoms with E-state index in [1.807, 2.05) is 38.2 Å². The van der Waals surface area contributed by atoms with Crippen LogP contribution in [0.1, 0.15) is 22.9 Å². The van der Waals surface area contributed by atoms with E-state index >= 15 is 0 Å². The average molecular weight is 358 g/mol. The van der Waals surface area contributed by atoms with Crippen molar-refractivity contribution in [1.29, 1.82) is 0 Å². The second-order valence-corrected chi connectivity index (χ2v) is 7.91. The Labute approximate surface area is 154 Å². The van der Waals surface area contributed by atoms with Crippen molar-refractivity contribution in [2.45, 2.75) is 33.4 Å². The van der Waals surface area contributed by atoms with Crippen LogP contribution < -0.4 is 5.32 Å². The van der Waals surface area contributed by atoms with E-state index in [0.29, 0.717) is 0 Å². The molecule has 1 fully saturated rings. The Hall–Kier alpha value is -1.69. The first-order valence-corrected chi connectivity index (χ1v) is 9.78. The third-order valence-electron chi connectivity index (χ3n) is 4.94. The molecule has 1 aromatic heterocycles. The fourth-order valence-corrected chi connectivity index (χ4v) is 3.95. The Kier molecular flexibility index (Phi) is 5.89. The molecule has 1 aromatic carbocycles. The van der Waals surface area contributed by atoms with Crippen LogP contribution in [0.2, 0.25) is 0 Å². The molecule has 2 heterocycles. The summed E-state index contributed by atoms with van der Waals surface area (Å²) in [6.45, 7) is 11.0. The minimum atomic E-state index is -0.108. The van der Waals surface area contributed by atoms with Crippen LogP contribution in [0.3, 0.4) is 0 Å². The third kappa shape index (κ3) is 4.69. The van der Waals surface area contributed by atoms with Crippen LogP contribution in [0.5, 0.6) is 0 Å².